The molecule has 1 spiro atoms. The van der Waals surface area contributed by atoms with Gasteiger partial charge >= 0.3 is 0 Å². The fraction of sp³-hybridized carbons (Fsp3) is 0.348. The number of carbonyl (C=O) groups is 1. The van der Waals surface area contributed by atoms with E-state index in [4.69, 9.17) is 9.47 Å². The van der Waals surface area contributed by atoms with Crippen LogP contribution in [0.4, 0.5) is 10.1 Å². The van der Waals surface area contributed by atoms with Gasteiger partial charge < -0.3 is 14.8 Å². The summed E-state index contributed by atoms with van der Waals surface area (Å²) < 4.78 is 28.1. The molecule has 1 amide bonds. The number of aromatic amines is 1. The van der Waals surface area contributed by atoms with Gasteiger partial charge in [-0.25, -0.2) is 9.37 Å². The molecule has 2 fully saturated rings. The van der Waals surface area contributed by atoms with Gasteiger partial charge in [-0.3, -0.25) is 19.6 Å². The molecule has 1 aliphatic carbocycles. The number of halogens is 1. The number of rotatable bonds is 5. The predicted octanol–water partition coefficient (Wildman–Crippen LogP) is 4.04. The minimum absolute atomic E-state index is 0.0663. The first kappa shape index (κ1) is 22.0. The van der Waals surface area contributed by atoms with Gasteiger partial charge in [0.15, 0.2) is 11.6 Å². The molecule has 35 heavy (non-hydrogen) atoms. The molecule has 10 nitrogen and oxygen atoms in total. The van der Waals surface area contributed by atoms with E-state index < -0.39 is 17.5 Å². The third-order valence-electron chi connectivity index (χ3n) is 6.35. The zero-order valence-electron chi connectivity index (χ0n) is 18.6. The predicted molar refractivity (Wildman–Crippen MR) is 125 cm³/mol. The van der Waals surface area contributed by atoms with E-state index in [1.165, 1.54) is 29.7 Å². The Morgan fingerprint density at radius 3 is 2.83 bits per heavy atom. The summed E-state index contributed by atoms with van der Waals surface area (Å²) in [6, 6.07) is 2.91. The van der Waals surface area contributed by atoms with Crippen molar-refractivity contribution in [3.05, 3.63) is 53.8 Å². The van der Waals surface area contributed by atoms with Crippen LogP contribution >= 0.6 is 11.3 Å². The summed E-state index contributed by atoms with van der Waals surface area (Å²) >= 11 is 1.34. The molecular formula is C23H22FN7O3S. The van der Waals surface area contributed by atoms with Crippen LogP contribution in [0.15, 0.2) is 42.3 Å². The lowest BCUT2D eigenvalue weighted by molar-refractivity contribution is -0.181. The normalized spacial score (nSPS) is 17.7. The number of hydrogen-bond donors (Lipinski definition) is 2. The third kappa shape index (κ3) is 4.24. The van der Waals surface area contributed by atoms with Crippen molar-refractivity contribution in [3.63, 3.8) is 0 Å². The van der Waals surface area contributed by atoms with Crippen LogP contribution in [0.3, 0.4) is 0 Å². The molecule has 4 aromatic heterocycles. The lowest BCUT2D eigenvalue weighted by atomic mass is 9.90. The van der Waals surface area contributed by atoms with Gasteiger partial charge in [-0.15, -0.1) is 11.3 Å². The maximum atomic E-state index is 14.7. The first-order valence-corrected chi connectivity index (χ1v) is 12.2. The molecule has 180 valence electrons. The monoisotopic (exact) mass is 495 g/mol. The van der Waals surface area contributed by atoms with E-state index in [1.54, 1.807) is 28.7 Å². The first-order valence-electron chi connectivity index (χ1n) is 11.3. The van der Waals surface area contributed by atoms with Crippen molar-refractivity contribution in [2.45, 2.75) is 37.5 Å². The van der Waals surface area contributed by atoms with E-state index in [0.29, 0.717) is 23.9 Å². The van der Waals surface area contributed by atoms with Gasteiger partial charge in [0.05, 0.1) is 31.1 Å². The van der Waals surface area contributed by atoms with Gasteiger partial charge in [-0.2, -0.15) is 10.2 Å². The van der Waals surface area contributed by atoms with Crippen LogP contribution in [-0.2, 0) is 9.47 Å². The number of thiazole rings is 1. The Bertz CT molecular complexity index is 1340. The molecule has 0 unspecified atom stereocenters. The molecule has 0 aromatic carbocycles. The molecule has 0 atom stereocenters. The fourth-order valence-electron chi connectivity index (χ4n) is 4.56. The molecular weight excluding hydrogens is 473 g/mol. The zero-order chi connectivity index (χ0) is 23.8. The number of pyridine rings is 1. The summed E-state index contributed by atoms with van der Waals surface area (Å²) in [5, 5.41) is 16.5. The summed E-state index contributed by atoms with van der Waals surface area (Å²) in [5.41, 5.74) is 1.77. The Hall–Kier alpha value is -3.48. The SMILES string of the molecule is O=C(Nc1cn(C2CCC3(CC2)OCCO3)nc1-c1ncccc1F)c1csc(-c2cn[nH]c2)n1. The third-order valence-corrected chi connectivity index (χ3v) is 7.24. The Kier molecular flexibility index (Phi) is 5.63. The van der Waals surface area contributed by atoms with Crippen LogP contribution in [0.2, 0.25) is 0 Å². The van der Waals surface area contributed by atoms with E-state index in [9.17, 15) is 9.18 Å². The van der Waals surface area contributed by atoms with E-state index in [1.807, 2.05) is 0 Å². The second-order valence-electron chi connectivity index (χ2n) is 8.52. The van der Waals surface area contributed by atoms with Gasteiger partial charge in [0.1, 0.15) is 22.1 Å². The van der Waals surface area contributed by atoms with Crippen molar-refractivity contribution in [1.29, 1.82) is 0 Å². The van der Waals surface area contributed by atoms with Gasteiger partial charge in [0, 0.05) is 42.4 Å². The van der Waals surface area contributed by atoms with Crippen LogP contribution in [0, 0.1) is 5.82 Å². The molecule has 1 aliphatic heterocycles. The summed E-state index contributed by atoms with van der Waals surface area (Å²) in [7, 11) is 0. The highest BCUT2D eigenvalue weighted by molar-refractivity contribution is 7.13. The summed E-state index contributed by atoms with van der Waals surface area (Å²) in [6.07, 6.45) is 9.68. The lowest BCUT2D eigenvalue weighted by Crippen LogP contribution is -2.35. The van der Waals surface area contributed by atoms with Crippen molar-refractivity contribution in [2.24, 2.45) is 0 Å². The Morgan fingerprint density at radius 1 is 1.26 bits per heavy atom. The van der Waals surface area contributed by atoms with Crippen LogP contribution in [0.25, 0.3) is 22.0 Å². The van der Waals surface area contributed by atoms with E-state index in [0.717, 1.165) is 31.2 Å². The number of H-pyrrole nitrogens is 1. The largest absolute Gasteiger partial charge is 0.348 e. The molecule has 5 heterocycles. The smallest absolute Gasteiger partial charge is 0.275 e. The van der Waals surface area contributed by atoms with Crippen LogP contribution < -0.4 is 5.32 Å². The van der Waals surface area contributed by atoms with Crippen molar-refractivity contribution in [2.75, 3.05) is 18.5 Å². The van der Waals surface area contributed by atoms with Crippen LogP contribution in [-0.4, -0.2) is 54.9 Å². The number of aromatic nitrogens is 6. The number of nitrogens with zero attached hydrogens (tertiary/aromatic N) is 5. The van der Waals surface area contributed by atoms with Crippen molar-refractivity contribution in [3.8, 4) is 22.0 Å². The van der Waals surface area contributed by atoms with Crippen molar-refractivity contribution < 1.29 is 18.7 Å². The number of nitrogens with one attached hydrogen (secondary N) is 2. The van der Waals surface area contributed by atoms with Gasteiger partial charge in [0.25, 0.3) is 5.91 Å². The quantitative estimate of drug-likeness (QED) is 0.429. The molecule has 4 aromatic rings. The fourth-order valence-corrected chi connectivity index (χ4v) is 5.34. The van der Waals surface area contributed by atoms with Gasteiger partial charge in [-0.1, -0.05) is 0 Å². The molecule has 12 heteroatoms. The average molecular weight is 496 g/mol. The molecule has 2 aliphatic rings. The number of carbonyl (C=O) groups excluding carboxylic acids is 1. The Labute approximate surface area is 203 Å². The molecule has 1 saturated carbocycles. The van der Waals surface area contributed by atoms with Crippen molar-refractivity contribution >= 4 is 22.9 Å². The number of anilines is 1. The van der Waals surface area contributed by atoms with Gasteiger partial charge in [0.2, 0.25) is 0 Å². The standard InChI is InChI=1S/C23H22FN7O3S/c24-16-2-1-7-25-19(16)20-17(28-21(32)18-13-35-22(29-18)14-10-26-27-11-14)12-31(30-20)15-3-5-23(6-4-15)33-8-9-34-23/h1-2,7,10-13,15H,3-6,8-9H2,(H,26,27)(H,28,32). The van der Waals surface area contributed by atoms with Crippen LogP contribution in [0.1, 0.15) is 42.2 Å². The first-order chi connectivity index (χ1) is 17.1. The Balaban J connectivity index is 1.28. The lowest BCUT2D eigenvalue weighted by Gasteiger charge is -2.35. The molecule has 0 bridgehead atoms. The molecule has 6 rings (SSSR count). The minimum atomic E-state index is -0.514. The summed E-state index contributed by atoms with van der Waals surface area (Å²) in [4.78, 5) is 21.6. The van der Waals surface area contributed by atoms with Crippen LogP contribution in [0.5, 0.6) is 0 Å². The summed E-state index contributed by atoms with van der Waals surface area (Å²) in [6.45, 7) is 1.23. The Morgan fingerprint density at radius 2 is 2.09 bits per heavy atom. The molecule has 1 saturated heterocycles. The van der Waals surface area contributed by atoms with Crippen molar-refractivity contribution in [1.82, 2.24) is 29.9 Å². The number of amides is 1. The maximum Gasteiger partial charge on any atom is 0.275 e. The number of hydrogen-bond acceptors (Lipinski definition) is 8. The minimum Gasteiger partial charge on any atom is -0.348 e. The second-order valence-corrected chi connectivity index (χ2v) is 9.38. The maximum absolute atomic E-state index is 14.7. The molecule has 0 radical (unpaired) electrons. The van der Waals surface area contributed by atoms with Gasteiger partial charge in [-0.05, 0) is 25.0 Å². The number of ether oxygens (including phenoxy) is 2. The van der Waals surface area contributed by atoms with E-state index in [-0.39, 0.29) is 23.1 Å². The second kappa shape index (κ2) is 8.95. The molecule has 2 N–H and O–H groups in total. The zero-order valence-corrected chi connectivity index (χ0v) is 19.4. The average Bonchev–Trinajstić information content (AvgIpc) is 3.67. The van der Waals surface area contributed by atoms with E-state index in [2.05, 4.69) is 30.6 Å². The van der Waals surface area contributed by atoms with E-state index >= 15 is 0 Å². The summed E-state index contributed by atoms with van der Waals surface area (Å²) in [5.74, 6) is -1.42. The highest BCUT2D eigenvalue weighted by Gasteiger charge is 2.41. The topological polar surface area (TPSA) is 120 Å². The highest BCUT2D eigenvalue weighted by Crippen LogP contribution is 2.41. The highest BCUT2D eigenvalue weighted by atomic mass is 32.1.